The quantitative estimate of drug-likeness (QED) is 0.715. The summed E-state index contributed by atoms with van der Waals surface area (Å²) in [6.45, 7) is 3.67. The second-order valence-electron chi connectivity index (χ2n) is 6.29. The van der Waals surface area contributed by atoms with Crippen molar-refractivity contribution in [1.29, 1.82) is 0 Å². The van der Waals surface area contributed by atoms with Crippen LogP contribution in [0.4, 0.5) is 0 Å². The SMILES string of the molecule is COc1ccc(CCNC(=O)C(C)N2CCC(C(N)=O)C2)cc1OC. The number of hydrogen-bond acceptors (Lipinski definition) is 5. The van der Waals surface area contributed by atoms with E-state index in [1.54, 1.807) is 14.2 Å². The number of carbonyl (C=O) groups excluding carboxylic acids is 2. The van der Waals surface area contributed by atoms with Crippen LogP contribution in [0.2, 0.25) is 0 Å². The number of ether oxygens (including phenoxy) is 2. The molecule has 138 valence electrons. The zero-order valence-corrected chi connectivity index (χ0v) is 15.1. The van der Waals surface area contributed by atoms with Gasteiger partial charge in [0.25, 0.3) is 0 Å². The average Bonchev–Trinajstić information content (AvgIpc) is 3.11. The van der Waals surface area contributed by atoms with E-state index < -0.39 is 0 Å². The summed E-state index contributed by atoms with van der Waals surface area (Å²) in [4.78, 5) is 25.6. The van der Waals surface area contributed by atoms with Crippen LogP contribution in [0.3, 0.4) is 0 Å². The first kappa shape index (κ1) is 19.1. The molecule has 1 fully saturated rings. The van der Waals surface area contributed by atoms with Gasteiger partial charge in [-0.25, -0.2) is 0 Å². The predicted octanol–water partition coefficient (Wildman–Crippen LogP) is 0.558. The monoisotopic (exact) mass is 349 g/mol. The van der Waals surface area contributed by atoms with Gasteiger partial charge in [-0.3, -0.25) is 14.5 Å². The molecule has 2 rings (SSSR count). The molecule has 2 amide bonds. The summed E-state index contributed by atoms with van der Waals surface area (Å²) < 4.78 is 10.5. The first-order chi connectivity index (χ1) is 12.0. The number of primary amides is 1. The molecule has 0 aromatic heterocycles. The van der Waals surface area contributed by atoms with Gasteiger partial charge in [0.15, 0.2) is 11.5 Å². The van der Waals surface area contributed by atoms with E-state index in [4.69, 9.17) is 15.2 Å². The Hall–Kier alpha value is -2.28. The third-order valence-electron chi connectivity index (χ3n) is 4.71. The number of nitrogens with one attached hydrogen (secondary N) is 1. The van der Waals surface area contributed by atoms with Gasteiger partial charge in [-0.2, -0.15) is 0 Å². The van der Waals surface area contributed by atoms with Crippen LogP contribution in [-0.2, 0) is 16.0 Å². The molecule has 25 heavy (non-hydrogen) atoms. The maximum atomic E-state index is 12.3. The maximum absolute atomic E-state index is 12.3. The third-order valence-corrected chi connectivity index (χ3v) is 4.71. The molecule has 0 spiro atoms. The van der Waals surface area contributed by atoms with Gasteiger partial charge in [0.05, 0.1) is 26.2 Å². The standard InChI is InChI=1S/C18H27N3O4/c1-12(21-9-7-14(11-21)17(19)22)18(23)20-8-6-13-4-5-15(24-2)16(10-13)25-3/h4-5,10,12,14H,6-9,11H2,1-3H3,(H2,19,22)(H,20,23). The molecule has 0 saturated carbocycles. The first-order valence-electron chi connectivity index (χ1n) is 8.48. The Bertz CT molecular complexity index is 620. The van der Waals surface area contributed by atoms with Crippen molar-refractivity contribution in [2.75, 3.05) is 33.9 Å². The number of amides is 2. The Morgan fingerprint density at radius 2 is 2.04 bits per heavy atom. The molecule has 1 aromatic carbocycles. The van der Waals surface area contributed by atoms with Crippen molar-refractivity contribution in [3.8, 4) is 11.5 Å². The smallest absolute Gasteiger partial charge is 0.237 e. The lowest BCUT2D eigenvalue weighted by molar-refractivity contribution is -0.126. The van der Waals surface area contributed by atoms with Crippen molar-refractivity contribution in [1.82, 2.24) is 10.2 Å². The number of rotatable bonds is 8. The van der Waals surface area contributed by atoms with Crippen LogP contribution in [0.5, 0.6) is 11.5 Å². The summed E-state index contributed by atoms with van der Waals surface area (Å²) in [5.41, 5.74) is 6.40. The van der Waals surface area contributed by atoms with Gasteiger partial charge in [-0.05, 0) is 44.0 Å². The molecule has 1 aliphatic rings. The number of nitrogens with zero attached hydrogens (tertiary/aromatic N) is 1. The molecule has 1 aliphatic heterocycles. The molecule has 7 nitrogen and oxygen atoms in total. The molecular weight excluding hydrogens is 322 g/mol. The molecule has 7 heteroatoms. The zero-order chi connectivity index (χ0) is 18.4. The summed E-state index contributed by atoms with van der Waals surface area (Å²) >= 11 is 0. The second-order valence-corrected chi connectivity index (χ2v) is 6.29. The average molecular weight is 349 g/mol. The van der Waals surface area contributed by atoms with Gasteiger partial charge < -0.3 is 20.5 Å². The van der Waals surface area contributed by atoms with E-state index in [2.05, 4.69) is 5.32 Å². The predicted molar refractivity (Wildman–Crippen MR) is 94.6 cm³/mol. The summed E-state index contributed by atoms with van der Waals surface area (Å²) in [6.07, 6.45) is 1.42. The van der Waals surface area contributed by atoms with E-state index in [-0.39, 0.29) is 23.8 Å². The van der Waals surface area contributed by atoms with E-state index >= 15 is 0 Å². The number of carbonyl (C=O) groups is 2. The van der Waals surface area contributed by atoms with E-state index in [1.165, 1.54) is 0 Å². The molecule has 1 aromatic rings. The molecule has 1 heterocycles. The van der Waals surface area contributed by atoms with Gasteiger partial charge in [0.1, 0.15) is 0 Å². The maximum Gasteiger partial charge on any atom is 0.237 e. The Morgan fingerprint density at radius 3 is 2.64 bits per heavy atom. The van der Waals surface area contributed by atoms with Crippen molar-refractivity contribution in [2.24, 2.45) is 11.7 Å². The molecule has 0 bridgehead atoms. The van der Waals surface area contributed by atoms with Crippen LogP contribution in [0.25, 0.3) is 0 Å². The minimum atomic E-state index is -0.288. The van der Waals surface area contributed by atoms with E-state index in [0.717, 1.165) is 18.5 Å². The van der Waals surface area contributed by atoms with Gasteiger partial charge >= 0.3 is 0 Å². The van der Waals surface area contributed by atoms with E-state index in [0.29, 0.717) is 31.0 Å². The Kier molecular flexibility index (Phi) is 6.64. The number of likely N-dealkylation sites (tertiary alicyclic amines) is 1. The highest BCUT2D eigenvalue weighted by molar-refractivity contribution is 5.82. The molecule has 0 aliphatic carbocycles. The number of benzene rings is 1. The lowest BCUT2D eigenvalue weighted by Crippen LogP contribution is -2.45. The Morgan fingerprint density at radius 1 is 1.32 bits per heavy atom. The number of nitrogens with two attached hydrogens (primary N) is 1. The van der Waals surface area contributed by atoms with Crippen molar-refractivity contribution < 1.29 is 19.1 Å². The fourth-order valence-corrected chi connectivity index (χ4v) is 3.05. The Balaban J connectivity index is 1.81. The fraction of sp³-hybridized carbons (Fsp3) is 0.556. The summed E-state index contributed by atoms with van der Waals surface area (Å²) in [7, 11) is 3.20. The third kappa shape index (κ3) is 4.85. The minimum absolute atomic E-state index is 0.0365. The molecule has 2 unspecified atom stereocenters. The largest absolute Gasteiger partial charge is 0.493 e. The Labute approximate surface area is 148 Å². The van der Waals surface area contributed by atoms with Crippen LogP contribution in [0.1, 0.15) is 18.9 Å². The summed E-state index contributed by atoms with van der Waals surface area (Å²) in [5, 5.41) is 2.95. The van der Waals surface area contributed by atoms with Gasteiger partial charge in [0, 0.05) is 13.1 Å². The minimum Gasteiger partial charge on any atom is -0.493 e. The van der Waals surface area contributed by atoms with Gasteiger partial charge in [-0.15, -0.1) is 0 Å². The highest BCUT2D eigenvalue weighted by Gasteiger charge is 2.31. The highest BCUT2D eigenvalue weighted by atomic mass is 16.5. The van der Waals surface area contributed by atoms with Crippen molar-refractivity contribution in [3.63, 3.8) is 0 Å². The molecule has 1 saturated heterocycles. The fourth-order valence-electron chi connectivity index (χ4n) is 3.05. The summed E-state index contributed by atoms with van der Waals surface area (Å²) in [6, 6.07) is 5.45. The van der Waals surface area contributed by atoms with Crippen molar-refractivity contribution in [2.45, 2.75) is 25.8 Å². The zero-order valence-electron chi connectivity index (χ0n) is 15.1. The summed E-state index contributed by atoms with van der Waals surface area (Å²) in [5.74, 6) is 0.882. The lowest BCUT2D eigenvalue weighted by atomic mass is 10.1. The van der Waals surface area contributed by atoms with Crippen molar-refractivity contribution in [3.05, 3.63) is 23.8 Å². The van der Waals surface area contributed by atoms with Crippen LogP contribution in [-0.4, -0.2) is 56.6 Å². The van der Waals surface area contributed by atoms with E-state index in [9.17, 15) is 9.59 Å². The molecule has 2 atom stereocenters. The van der Waals surface area contributed by atoms with Crippen LogP contribution < -0.4 is 20.5 Å². The molecule has 3 N–H and O–H groups in total. The highest BCUT2D eigenvalue weighted by Crippen LogP contribution is 2.27. The van der Waals surface area contributed by atoms with Crippen molar-refractivity contribution >= 4 is 11.8 Å². The van der Waals surface area contributed by atoms with Gasteiger partial charge in [0.2, 0.25) is 11.8 Å². The molecule has 0 radical (unpaired) electrons. The topological polar surface area (TPSA) is 93.9 Å². The van der Waals surface area contributed by atoms with Crippen LogP contribution >= 0.6 is 0 Å². The molecular formula is C18H27N3O4. The number of methoxy groups -OCH3 is 2. The number of hydrogen-bond donors (Lipinski definition) is 2. The van der Waals surface area contributed by atoms with Gasteiger partial charge in [-0.1, -0.05) is 6.07 Å². The normalized spacial score (nSPS) is 18.6. The van der Waals surface area contributed by atoms with Crippen LogP contribution in [0.15, 0.2) is 18.2 Å². The first-order valence-corrected chi connectivity index (χ1v) is 8.48. The lowest BCUT2D eigenvalue weighted by Gasteiger charge is -2.23. The van der Waals surface area contributed by atoms with Crippen LogP contribution in [0, 0.1) is 5.92 Å². The second kappa shape index (κ2) is 8.71. The van der Waals surface area contributed by atoms with E-state index in [1.807, 2.05) is 30.0 Å².